The van der Waals surface area contributed by atoms with Crippen molar-refractivity contribution in [2.75, 3.05) is 12.3 Å². The Kier molecular flexibility index (Phi) is 5.94. The number of anilines is 1. The van der Waals surface area contributed by atoms with Crippen LogP contribution in [0.4, 0.5) is 5.69 Å². The Labute approximate surface area is 99.2 Å². The third-order valence-corrected chi connectivity index (χ3v) is 2.88. The molecule has 2 heteroatoms. The van der Waals surface area contributed by atoms with Crippen LogP contribution in [0.5, 0.6) is 0 Å². The maximum Gasteiger partial charge on any atom is 0.0314 e. The summed E-state index contributed by atoms with van der Waals surface area (Å²) < 4.78 is 0. The molecule has 0 fully saturated rings. The summed E-state index contributed by atoms with van der Waals surface area (Å²) in [6.07, 6.45) is 4.95. The summed E-state index contributed by atoms with van der Waals surface area (Å²) in [4.78, 5) is 0. The molecule has 1 aromatic carbocycles. The Hall–Kier alpha value is -1.02. The van der Waals surface area contributed by atoms with Gasteiger partial charge < -0.3 is 11.1 Å². The maximum absolute atomic E-state index is 5.64. The molecule has 0 amide bonds. The largest absolute Gasteiger partial charge is 0.399 e. The number of benzene rings is 1. The summed E-state index contributed by atoms with van der Waals surface area (Å²) in [7, 11) is 0. The van der Waals surface area contributed by atoms with Gasteiger partial charge in [-0.15, -0.1) is 0 Å². The van der Waals surface area contributed by atoms with Crippen molar-refractivity contribution in [1.29, 1.82) is 0 Å². The molecule has 0 heterocycles. The molecule has 0 saturated carbocycles. The van der Waals surface area contributed by atoms with Gasteiger partial charge in [0.1, 0.15) is 0 Å². The summed E-state index contributed by atoms with van der Waals surface area (Å²) in [6, 6.07) is 8.78. The van der Waals surface area contributed by atoms with E-state index in [1.807, 2.05) is 12.1 Å². The highest BCUT2D eigenvalue weighted by molar-refractivity contribution is 5.39. The average Bonchev–Trinajstić information content (AvgIpc) is 2.29. The topological polar surface area (TPSA) is 38.0 Å². The van der Waals surface area contributed by atoms with Crippen LogP contribution < -0.4 is 11.1 Å². The van der Waals surface area contributed by atoms with Crippen LogP contribution in [0.25, 0.3) is 0 Å². The van der Waals surface area contributed by atoms with Crippen molar-refractivity contribution >= 4 is 5.69 Å². The number of unbranched alkanes of at least 4 members (excludes halogenated alkanes) is 1. The van der Waals surface area contributed by atoms with Crippen molar-refractivity contribution < 1.29 is 0 Å². The predicted octanol–water partition coefficient (Wildman–Crippen LogP) is 2.98. The first-order valence-electron chi connectivity index (χ1n) is 6.30. The van der Waals surface area contributed by atoms with Crippen LogP contribution in [-0.4, -0.2) is 12.6 Å². The second kappa shape index (κ2) is 7.29. The van der Waals surface area contributed by atoms with Crippen molar-refractivity contribution in [1.82, 2.24) is 5.32 Å². The van der Waals surface area contributed by atoms with E-state index in [9.17, 15) is 0 Å². The molecule has 3 N–H and O–H groups in total. The Morgan fingerprint density at radius 2 is 1.94 bits per heavy atom. The normalized spacial score (nSPS) is 12.6. The Bertz CT molecular complexity index is 279. The van der Waals surface area contributed by atoms with Gasteiger partial charge in [0.25, 0.3) is 0 Å². The van der Waals surface area contributed by atoms with Crippen LogP contribution in [0.3, 0.4) is 0 Å². The summed E-state index contributed by atoms with van der Waals surface area (Å²) in [6.45, 7) is 5.55. The third-order valence-electron chi connectivity index (χ3n) is 2.88. The molecule has 0 aliphatic heterocycles. The van der Waals surface area contributed by atoms with Crippen LogP contribution in [0.2, 0.25) is 0 Å². The number of hydrogen-bond donors (Lipinski definition) is 2. The van der Waals surface area contributed by atoms with Gasteiger partial charge in [0.15, 0.2) is 0 Å². The van der Waals surface area contributed by atoms with Crippen molar-refractivity contribution in [3.63, 3.8) is 0 Å². The number of rotatable bonds is 7. The molecule has 1 unspecified atom stereocenters. The van der Waals surface area contributed by atoms with E-state index < -0.39 is 0 Å². The van der Waals surface area contributed by atoms with E-state index in [0.717, 1.165) is 18.7 Å². The lowest BCUT2D eigenvalue weighted by Crippen LogP contribution is -2.27. The molecule has 0 aliphatic carbocycles. The third kappa shape index (κ3) is 5.17. The van der Waals surface area contributed by atoms with E-state index in [4.69, 9.17) is 5.73 Å². The monoisotopic (exact) mass is 220 g/mol. The number of nitrogens with two attached hydrogens (primary N) is 1. The Morgan fingerprint density at radius 1 is 1.25 bits per heavy atom. The molecule has 0 bridgehead atoms. The minimum absolute atomic E-state index is 0.633. The van der Waals surface area contributed by atoms with Crippen molar-refractivity contribution in [3.8, 4) is 0 Å². The standard InChI is InChI=1S/C14H24N2/c1-3-4-5-12(2)16-11-10-13-6-8-14(15)9-7-13/h6-9,12,16H,3-5,10-11,15H2,1-2H3. The first-order valence-corrected chi connectivity index (χ1v) is 6.30. The molecule has 1 rings (SSSR count). The molecule has 90 valence electrons. The van der Waals surface area contributed by atoms with Gasteiger partial charge in [-0.25, -0.2) is 0 Å². The van der Waals surface area contributed by atoms with Gasteiger partial charge in [0, 0.05) is 11.7 Å². The van der Waals surface area contributed by atoms with E-state index in [1.54, 1.807) is 0 Å². The first kappa shape index (κ1) is 13.0. The minimum atomic E-state index is 0.633. The Morgan fingerprint density at radius 3 is 2.56 bits per heavy atom. The molecule has 0 aliphatic rings. The lowest BCUT2D eigenvalue weighted by molar-refractivity contribution is 0.498. The van der Waals surface area contributed by atoms with Gasteiger partial charge in [-0.2, -0.15) is 0 Å². The van der Waals surface area contributed by atoms with Gasteiger partial charge in [-0.3, -0.25) is 0 Å². The summed E-state index contributed by atoms with van der Waals surface area (Å²) in [5.41, 5.74) is 7.83. The summed E-state index contributed by atoms with van der Waals surface area (Å²) in [5.74, 6) is 0. The van der Waals surface area contributed by atoms with Gasteiger partial charge in [0.2, 0.25) is 0 Å². The molecule has 1 aromatic rings. The fourth-order valence-electron chi connectivity index (χ4n) is 1.76. The summed E-state index contributed by atoms with van der Waals surface area (Å²) in [5, 5.41) is 3.55. The van der Waals surface area contributed by atoms with Crippen LogP contribution in [0.15, 0.2) is 24.3 Å². The number of nitrogens with one attached hydrogen (secondary N) is 1. The SMILES string of the molecule is CCCCC(C)NCCc1ccc(N)cc1. The fraction of sp³-hybridized carbons (Fsp3) is 0.571. The molecule has 0 radical (unpaired) electrons. The van der Waals surface area contributed by atoms with E-state index in [2.05, 4.69) is 31.3 Å². The quantitative estimate of drug-likeness (QED) is 0.693. The highest BCUT2D eigenvalue weighted by atomic mass is 14.9. The molecule has 0 aromatic heterocycles. The zero-order chi connectivity index (χ0) is 11.8. The molecule has 0 saturated heterocycles. The van der Waals surface area contributed by atoms with Gasteiger partial charge in [-0.05, 0) is 44.0 Å². The van der Waals surface area contributed by atoms with Crippen LogP contribution >= 0.6 is 0 Å². The van der Waals surface area contributed by atoms with Crippen LogP contribution in [0.1, 0.15) is 38.7 Å². The fourth-order valence-corrected chi connectivity index (χ4v) is 1.76. The highest BCUT2D eigenvalue weighted by Crippen LogP contribution is 2.06. The first-order chi connectivity index (χ1) is 7.72. The molecule has 1 atom stereocenters. The van der Waals surface area contributed by atoms with Gasteiger partial charge >= 0.3 is 0 Å². The van der Waals surface area contributed by atoms with E-state index >= 15 is 0 Å². The van der Waals surface area contributed by atoms with Crippen molar-refractivity contribution in [2.24, 2.45) is 0 Å². The average molecular weight is 220 g/mol. The molecule has 0 spiro atoms. The lowest BCUT2D eigenvalue weighted by atomic mass is 10.1. The van der Waals surface area contributed by atoms with E-state index in [0.29, 0.717) is 6.04 Å². The molecular formula is C14H24N2. The molecule has 16 heavy (non-hydrogen) atoms. The minimum Gasteiger partial charge on any atom is -0.399 e. The molecular weight excluding hydrogens is 196 g/mol. The second-order valence-corrected chi connectivity index (χ2v) is 4.49. The van der Waals surface area contributed by atoms with Gasteiger partial charge in [0.05, 0.1) is 0 Å². The number of nitrogen functional groups attached to an aromatic ring is 1. The van der Waals surface area contributed by atoms with Crippen LogP contribution in [0, 0.1) is 0 Å². The second-order valence-electron chi connectivity index (χ2n) is 4.49. The lowest BCUT2D eigenvalue weighted by Gasteiger charge is -2.13. The van der Waals surface area contributed by atoms with Crippen molar-refractivity contribution in [2.45, 2.75) is 45.6 Å². The zero-order valence-corrected chi connectivity index (χ0v) is 10.5. The molecule has 2 nitrogen and oxygen atoms in total. The van der Waals surface area contributed by atoms with Crippen molar-refractivity contribution in [3.05, 3.63) is 29.8 Å². The zero-order valence-electron chi connectivity index (χ0n) is 10.5. The predicted molar refractivity (Wildman–Crippen MR) is 71.5 cm³/mol. The smallest absolute Gasteiger partial charge is 0.0314 e. The Balaban J connectivity index is 2.17. The highest BCUT2D eigenvalue weighted by Gasteiger charge is 2.00. The van der Waals surface area contributed by atoms with Crippen LogP contribution in [-0.2, 0) is 6.42 Å². The van der Waals surface area contributed by atoms with E-state index in [-0.39, 0.29) is 0 Å². The summed E-state index contributed by atoms with van der Waals surface area (Å²) >= 11 is 0. The number of hydrogen-bond acceptors (Lipinski definition) is 2. The van der Waals surface area contributed by atoms with Gasteiger partial charge in [-0.1, -0.05) is 31.9 Å². The maximum atomic E-state index is 5.64. The van der Waals surface area contributed by atoms with E-state index in [1.165, 1.54) is 24.8 Å².